The van der Waals surface area contributed by atoms with Crippen LogP contribution in [0, 0.1) is 0 Å². The molecule has 2 aliphatic rings. The van der Waals surface area contributed by atoms with Gasteiger partial charge in [-0.25, -0.2) is 0 Å². The average molecular weight is 228 g/mol. The Morgan fingerprint density at radius 1 is 1.06 bits per heavy atom. The third kappa shape index (κ3) is 4.16. The molecule has 0 unspecified atom stereocenters. The molecule has 0 bridgehead atoms. The van der Waals surface area contributed by atoms with E-state index in [0.29, 0.717) is 19.6 Å². The van der Waals surface area contributed by atoms with Gasteiger partial charge in [0, 0.05) is 45.8 Å². The summed E-state index contributed by atoms with van der Waals surface area (Å²) in [7, 11) is 0. The molecule has 0 radical (unpaired) electrons. The summed E-state index contributed by atoms with van der Waals surface area (Å²) in [5, 5.41) is 8.91. The lowest BCUT2D eigenvalue weighted by atomic mass is 10.3. The molecule has 2 rings (SSSR count). The van der Waals surface area contributed by atoms with Crippen LogP contribution in [0.5, 0.6) is 0 Å². The molecule has 16 heavy (non-hydrogen) atoms. The first-order valence-electron chi connectivity index (χ1n) is 5.74. The number of piperazine rings is 2. The maximum atomic E-state index is 10.9. The van der Waals surface area contributed by atoms with Crippen molar-refractivity contribution in [3.8, 4) is 0 Å². The molecule has 0 aliphatic carbocycles. The lowest BCUT2D eigenvalue weighted by Gasteiger charge is -2.24. The number of hydrogen-bond donors (Lipinski definition) is 3. The summed E-state index contributed by atoms with van der Waals surface area (Å²) in [4.78, 5) is 23.1. The maximum Gasteiger partial charge on any atom is 0.311 e. The van der Waals surface area contributed by atoms with Gasteiger partial charge in [0.1, 0.15) is 0 Å². The van der Waals surface area contributed by atoms with Gasteiger partial charge < -0.3 is 20.9 Å². The molecule has 0 aromatic rings. The second-order valence-corrected chi connectivity index (χ2v) is 3.64. The van der Waals surface area contributed by atoms with Crippen LogP contribution in [-0.2, 0) is 9.59 Å². The van der Waals surface area contributed by atoms with Crippen LogP contribution in [0.3, 0.4) is 0 Å². The molecule has 6 heteroatoms. The molecule has 3 N–H and O–H groups in total. The molecule has 92 valence electrons. The predicted molar refractivity (Wildman–Crippen MR) is 61.0 cm³/mol. The Balaban J connectivity index is 0.000000181. The van der Waals surface area contributed by atoms with Crippen molar-refractivity contribution in [2.24, 2.45) is 0 Å². The lowest BCUT2D eigenvalue weighted by molar-refractivity contribution is -0.147. The molecule has 6 nitrogen and oxygen atoms in total. The van der Waals surface area contributed by atoms with Crippen LogP contribution in [0.1, 0.15) is 6.92 Å². The average Bonchev–Trinajstić information content (AvgIpc) is 2.36. The van der Waals surface area contributed by atoms with Crippen molar-refractivity contribution < 1.29 is 9.59 Å². The standard InChI is InChI=1S/C6H10N2O2.C4H10N2/c1-2-8-4-3-7-5(9)6(8)10;1-2-6-4-3-5-1/h2-4H2,1H3,(H,7,9);5-6H,1-4H2. The Hall–Kier alpha value is -1.14. The van der Waals surface area contributed by atoms with Crippen molar-refractivity contribution in [3.63, 3.8) is 0 Å². The van der Waals surface area contributed by atoms with E-state index in [-0.39, 0.29) is 0 Å². The molecule has 0 atom stereocenters. The second kappa shape index (κ2) is 7.19. The normalized spacial score (nSPS) is 20.9. The van der Waals surface area contributed by atoms with E-state index >= 15 is 0 Å². The van der Waals surface area contributed by atoms with Gasteiger partial charge in [-0.15, -0.1) is 0 Å². The Kier molecular flexibility index (Phi) is 5.81. The van der Waals surface area contributed by atoms with Crippen molar-refractivity contribution >= 4 is 11.8 Å². The summed E-state index contributed by atoms with van der Waals surface area (Å²) < 4.78 is 0. The third-order valence-corrected chi connectivity index (χ3v) is 2.49. The Labute approximate surface area is 95.8 Å². The Bertz CT molecular complexity index is 229. The van der Waals surface area contributed by atoms with Gasteiger partial charge in [-0.2, -0.15) is 0 Å². The van der Waals surface area contributed by atoms with Gasteiger partial charge in [-0.1, -0.05) is 0 Å². The number of nitrogens with one attached hydrogen (secondary N) is 3. The number of carbonyl (C=O) groups is 2. The highest BCUT2D eigenvalue weighted by molar-refractivity contribution is 6.35. The molecule has 2 fully saturated rings. The minimum Gasteiger partial charge on any atom is -0.346 e. The van der Waals surface area contributed by atoms with Gasteiger partial charge in [-0.05, 0) is 6.92 Å². The number of nitrogens with zero attached hydrogens (tertiary/aromatic N) is 1. The molecular formula is C10H20N4O2. The monoisotopic (exact) mass is 228 g/mol. The summed E-state index contributed by atoms with van der Waals surface area (Å²) in [5.74, 6) is -0.887. The van der Waals surface area contributed by atoms with Crippen LogP contribution in [-0.4, -0.2) is 62.5 Å². The van der Waals surface area contributed by atoms with Gasteiger partial charge in [0.15, 0.2) is 0 Å². The van der Waals surface area contributed by atoms with Crippen molar-refractivity contribution in [2.45, 2.75) is 6.92 Å². The summed E-state index contributed by atoms with van der Waals surface area (Å²) in [6, 6.07) is 0. The number of amides is 2. The zero-order valence-corrected chi connectivity index (χ0v) is 9.71. The molecule has 2 heterocycles. The minimum atomic E-state index is -0.479. The fourth-order valence-corrected chi connectivity index (χ4v) is 1.53. The number of likely N-dealkylation sites (N-methyl/N-ethyl adjacent to an activating group) is 1. The highest BCUT2D eigenvalue weighted by Gasteiger charge is 2.23. The van der Waals surface area contributed by atoms with Gasteiger partial charge in [-0.3, -0.25) is 9.59 Å². The molecule has 0 aromatic heterocycles. The van der Waals surface area contributed by atoms with Crippen LogP contribution in [0.25, 0.3) is 0 Å². The second-order valence-electron chi connectivity index (χ2n) is 3.64. The van der Waals surface area contributed by atoms with Crippen molar-refractivity contribution in [1.29, 1.82) is 0 Å². The summed E-state index contributed by atoms with van der Waals surface area (Å²) in [6.07, 6.45) is 0. The van der Waals surface area contributed by atoms with Gasteiger partial charge in [0.2, 0.25) is 0 Å². The fraction of sp³-hybridized carbons (Fsp3) is 0.800. The molecule has 2 amide bonds. The summed E-state index contributed by atoms with van der Waals surface area (Å²) in [5.41, 5.74) is 0. The molecule has 0 spiro atoms. The van der Waals surface area contributed by atoms with Gasteiger partial charge in [0.25, 0.3) is 0 Å². The number of hydrogen-bond acceptors (Lipinski definition) is 4. The Morgan fingerprint density at radius 2 is 1.62 bits per heavy atom. The first-order chi connectivity index (χ1) is 7.75. The van der Waals surface area contributed by atoms with Gasteiger partial charge in [0.05, 0.1) is 0 Å². The van der Waals surface area contributed by atoms with E-state index in [4.69, 9.17) is 0 Å². The lowest BCUT2D eigenvalue weighted by Crippen LogP contribution is -2.51. The van der Waals surface area contributed by atoms with E-state index in [1.807, 2.05) is 6.92 Å². The van der Waals surface area contributed by atoms with Gasteiger partial charge >= 0.3 is 11.8 Å². The highest BCUT2D eigenvalue weighted by Crippen LogP contribution is 1.93. The van der Waals surface area contributed by atoms with Crippen molar-refractivity contribution in [2.75, 3.05) is 45.8 Å². The summed E-state index contributed by atoms with van der Waals surface area (Å²) >= 11 is 0. The number of rotatable bonds is 1. The van der Waals surface area contributed by atoms with E-state index in [2.05, 4.69) is 16.0 Å². The van der Waals surface area contributed by atoms with Crippen LogP contribution < -0.4 is 16.0 Å². The number of carbonyl (C=O) groups excluding carboxylic acids is 2. The van der Waals surface area contributed by atoms with Crippen LogP contribution in [0.15, 0.2) is 0 Å². The fourth-order valence-electron chi connectivity index (χ4n) is 1.53. The van der Waals surface area contributed by atoms with E-state index < -0.39 is 11.8 Å². The van der Waals surface area contributed by atoms with Crippen LogP contribution in [0.2, 0.25) is 0 Å². The first kappa shape index (κ1) is 12.9. The molecule has 0 aromatic carbocycles. The van der Waals surface area contributed by atoms with Crippen LogP contribution >= 0.6 is 0 Å². The first-order valence-corrected chi connectivity index (χ1v) is 5.74. The van der Waals surface area contributed by atoms with Crippen molar-refractivity contribution in [3.05, 3.63) is 0 Å². The topological polar surface area (TPSA) is 73.5 Å². The zero-order valence-electron chi connectivity index (χ0n) is 9.71. The predicted octanol–water partition coefficient (Wildman–Crippen LogP) is -1.86. The zero-order chi connectivity index (χ0) is 11.8. The SMILES string of the molecule is C1CNCCN1.CCN1CCNC(=O)C1=O. The smallest absolute Gasteiger partial charge is 0.311 e. The molecule has 2 saturated heterocycles. The molecular weight excluding hydrogens is 208 g/mol. The van der Waals surface area contributed by atoms with E-state index in [1.54, 1.807) is 0 Å². The van der Waals surface area contributed by atoms with E-state index in [9.17, 15) is 9.59 Å². The highest BCUT2D eigenvalue weighted by atomic mass is 16.2. The van der Waals surface area contributed by atoms with E-state index in [0.717, 1.165) is 26.2 Å². The Morgan fingerprint density at radius 3 is 2.00 bits per heavy atom. The third-order valence-electron chi connectivity index (χ3n) is 2.49. The quantitative estimate of drug-likeness (QED) is 0.460. The van der Waals surface area contributed by atoms with Crippen LogP contribution in [0.4, 0.5) is 0 Å². The maximum absolute atomic E-state index is 10.9. The van der Waals surface area contributed by atoms with Crippen molar-refractivity contribution in [1.82, 2.24) is 20.9 Å². The molecule has 2 aliphatic heterocycles. The minimum absolute atomic E-state index is 0.409. The molecule has 0 saturated carbocycles. The largest absolute Gasteiger partial charge is 0.346 e. The van der Waals surface area contributed by atoms with E-state index in [1.165, 1.54) is 4.90 Å². The summed E-state index contributed by atoms with van der Waals surface area (Å²) in [6.45, 7) is 8.25.